The molecule has 1 heterocycles. The van der Waals surface area contributed by atoms with Gasteiger partial charge in [0.1, 0.15) is 10.4 Å². The van der Waals surface area contributed by atoms with Gasteiger partial charge in [-0.2, -0.15) is 0 Å². The summed E-state index contributed by atoms with van der Waals surface area (Å²) in [6.07, 6.45) is 0. The lowest BCUT2D eigenvalue weighted by atomic mass is 9.90. The first-order valence-electron chi connectivity index (χ1n) is 4.15. The van der Waals surface area contributed by atoms with Gasteiger partial charge >= 0.3 is 0 Å². The van der Waals surface area contributed by atoms with Crippen LogP contribution in [-0.4, -0.2) is 4.98 Å². The van der Waals surface area contributed by atoms with Crippen molar-refractivity contribution in [2.45, 2.75) is 33.1 Å². The summed E-state index contributed by atoms with van der Waals surface area (Å²) < 4.78 is 14.3. The Labute approximate surface area is 86.5 Å². The first kappa shape index (κ1) is 10.6. The Kier molecular flexibility index (Phi) is 2.76. The molecule has 0 N–H and O–H groups in total. The van der Waals surface area contributed by atoms with E-state index in [4.69, 9.17) is 0 Å². The molecule has 13 heavy (non-hydrogen) atoms. The Bertz CT molecular complexity index is 328. The van der Waals surface area contributed by atoms with Gasteiger partial charge in [-0.3, -0.25) is 0 Å². The van der Waals surface area contributed by atoms with Crippen LogP contribution >= 0.6 is 15.9 Å². The van der Waals surface area contributed by atoms with Gasteiger partial charge in [0, 0.05) is 5.41 Å². The minimum Gasteiger partial charge on any atom is -0.242 e. The zero-order chi connectivity index (χ0) is 10.2. The van der Waals surface area contributed by atoms with Gasteiger partial charge in [0.25, 0.3) is 0 Å². The van der Waals surface area contributed by atoms with E-state index in [2.05, 4.69) is 20.9 Å². The van der Waals surface area contributed by atoms with Crippen molar-refractivity contribution >= 4 is 15.9 Å². The highest BCUT2D eigenvalue weighted by Crippen LogP contribution is 2.26. The molecule has 72 valence electrons. The predicted molar refractivity (Wildman–Crippen MR) is 55.3 cm³/mol. The SMILES string of the molecule is Cc1cc(Br)nc(C(C)(C)C)c1F. The summed E-state index contributed by atoms with van der Waals surface area (Å²) in [4.78, 5) is 4.15. The van der Waals surface area contributed by atoms with Crippen LogP contribution in [0.1, 0.15) is 32.0 Å². The fraction of sp³-hybridized carbons (Fsp3) is 0.500. The van der Waals surface area contributed by atoms with Crippen LogP contribution in [0, 0.1) is 12.7 Å². The number of aryl methyl sites for hydroxylation is 1. The van der Waals surface area contributed by atoms with Crippen molar-refractivity contribution in [3.8, 4) is 0 Å². The predicted octanol–water partition coefficient (Wildman–Crippen LogP) is 3.59. The maximum atomic E-state index is 13.6. The zero-order valence-electron chi connectivity index (χ0n) is 8.28. The summed E-state index contributed by atoms with van der Waals surface area (Å²) >= 11 is 3.26. The van der Waals surface area contributed by atoms with Crippen molar-refractivity contribution in [2.75, 3.05) is 0 Å². The van der Waals surface area contributed by atoms with E-state index >= 15 is 0 Å². The topological polar surface area (TPSA) is 12.9 Å². The quantitative estimate of drug-likeness (QED) is 0.637. The molecular formula is C10H13BrFN. The molecule has 0 bridgehead atoms. The van der Waals surface area contributed by atoms with E-state index in [1.807, 2.05) is 20.8 Å². The van der Waals surface area contributed by atoms with E-state index in [1.165, 1.54) is 0 Å². The van der Waals surface area contributed by atoms with Crippen molar-refractivity contribution in [2.24, 2.45) is 0 Å². The fourth-order valence-electron chi connectivity index (χ4n) is 1.11. The molecule has 0 unspecified atom stereocenters. The first-order valence-corrected chi connectivity index (χ1v) is 4.95. The second kappa shape index (κ2) is 3.37. The normalized spacial score (nSPS) is 11.8. The Morgan fingerprint density at radius 2 is 1.92 bits per heavy atom. The van der Waals surface area contributed by atoms with Crippen LogP contribution in [0.5, 0.6) is 0 Å². The molecule has 1 aromatic rings. The van der Waals surface area contributed by atoms with Crippen LogP contribution in [0.3, 0.4) is 0 Å². The molecule has 0 saturated carbocycles. The van der Waals surface area contributed by atoms with Crippen LogP contribution in [0.2, 0.25) is 0 Å². The van der Waals surface area contributed by atoms with Gasteiger partial charge in [0.05, 0.1) is 5.69 Å². The summed E-state index contributed by atoms with van der Waals surface area (Å²) in [6, 6.07) is 1.69. The maximum Gasteiger partial charge on any atom is 0.148 e. The molecule has 0 atom stereocenters. The molecular weight excluding hydrogens is 233 g/mol. The zero-order valence-corrected chi connectivity index (χ0v) is 9.87. The van der Waals surface area contributed by atoms with Crippen molar-refractivity contribution < 1.29 is 4.39 Å². The van der Waals surface area contributed by atoms with Crippen LogP contribution in [-0.2, 0) is 5.41 Å². The molecule has 1 rings (SSSR count). The molecule has 1 aromatic heterocycles. The molecule has 0 aliphatic rings. The molecule has 0 saturated heterocycles. The molecule has 3 heteroatoms. The van der Waals surface area contributed by atoms with E-state index in [9.17, 15) is 4.39 Å². The lowest BCUT2D eigenvalue weighted by Gasteiger charge is -2.19. The first-order chi connectivity index (χ1) is 5.82. The van der Waals surface area contributed by atoms with Crippen molar-refractivity contribution in [1.29, 1.82) is 0 Å². The number of hydrogen-bond acceptors (Lipinski definition) is 1. The van der Waals surface area contributed by atoms with Gasteiger partial charge in [-0.15, -0.1) is 0 Å². The van der Waals surface area contributed by atoms with E-state index in [1.54, 1.807) is 13.0 Å². The average Bonchev–Trinajstić information content (AvgIpc) is 1.94. The summed E-state index contributed by atoms with van der Waals surface area (Å²) in [7, 11) is 0. The Morgan fingerprint density at radius 3 is 2.38 bits per heavy atom. The number of pyridine rings is 1. The van der Waals surface area contributed by atoms with Gasteiger partial charge < -0.3 is 0 Å². The molecule has 0 amide bonds. The lowest BCUT2D eigenvalue weighted by Crippen LogP contribution is -2.17. The van der Waals surface area contributed by atoms with Gasteiger partial charge in [0.2, 0.25) is 0 Å². The third-order valence-electron chi connectivity index (χ3n) is 1.82. The summed E-state index contributed by atoms with van der Waals surface area (Å²) in [5, 5.41) is 0. The van der Waals surface area contributed by atoms with Gasteiger partial charge in [-0.05, 0) is 34.5 Å². The van der Waals surface area contributed by atoms with Crippen LogP contribution in [0.4, 0.5) is 4.39 Å². The molecule has 0 fully saturated rings. The molecule has 0 aliphatic heterocycles. The second-order valence-corrected chi connectivity index (χ2v) is 4.99. The molecule has 0 spiro atoms. The van der Waals surface area contributed by atoms with E-state index < -0.39 is 0 Å². The smallest absolute Gasteiger partial charge is 0.148 e. The number of halogens is 2. The molecule has 0 aromatic carbocycles. The number of nitrogens with zero attached hydrogens (tertiary/aromatic N) is 1. The molecule has 1 nitrogen and oxygen atoms in total. The highest BCUT2D eigenvalue weighted by Gasteiger charge is 2.21. The monoisotopic (exact) mass is 245 g/mol. The van der Waals surface area contributed by atoms with Crippen molar-refractivity contribution in [3.63, 3.8) is 0 Å². The summed E-state index contributed by atoms with van der Waals surface area (Å²) in [6.45, 7) is 7.59. The minimum absolute atomic E-state index is 0.198. The van der Waals surface area contributed by atoms with Gasteiger partial charge in [-0.25, -0.2) is 9.37 Å². The third kappa shape index (κ3) is 2.27. The van der Waals surface area contributed by atoms with Gasteiger partial charge in [0.15, 0.2) is 0 Å². The Morgan fingerprint density at radius 1 is 1.38 bits per heavy atom. The standard InChI is InChI=1S/C10H13BrFN/c1-6-5-7(11)13-9(8(6)12)10(2,3)4/h5H,1-4H3. The largest absolute Gasteiger partial charge is 0.242 e. The van der Waals surface area contributed by atoms with Crippen LogP contribution in [0.25, 0.3) is 0 Å². The minimum atomic E-state index is -0.251. The average molecular weight is 246 g/mol. The van der Waals surface area contributed by atoms with Crippen LogP contribution in [0.15, 0.2) is 10.7 Å². The highest BCUT2D eigenvalue weighted by atomic mass is 79.9. The van der Waals surface area contributed by atoms with Crippen molar-refractivity contribution in [1.82, 2.24) is 4.98 Å². The van der Waals surface area contributed by atoms with E-state index in [0.717, 1.165) is 0 Å². The lowest BCUT2D eigenvalue weighted by molar-refractivity contribution is 0.497. The molecule has 0 aliphatic carbocycles. The fourth-order valence-corrected chi connectivity index (χ4v) is 1.63. The van der Waals surface area contributed by atoms with E-state index in [-0.39, 0.29) is 11.2 Å². The summed E-state index contributed by atoms with van der Waals surface area (Å²) in [5.41, 5.74) is 0.893. The third-order valence-corrected chi connectivity index (χ3v) is 2.22. The summed E-state index contributed by atoms with van der Waals surface area (Å²) in [5.74, 6) is -0.198. The van der Waals surface area contributed by atoms with Crippen LogP contribution < -0.4 is 0 Å². The number of aromatic nitrogens is 1. The Hall–Kier alpha value is -0.440. The van der Waals surface area contributed by atoms with Gasteiger partial charge in [-0.1, -0.05) is 20.8 Å². The second-order valence-electron chi connectivity index (χ2n) is 4.17. The highest BCUT2D eigenvalue weighted by molar-refractivity contribution is 9.10. The maximum absolute atomic E-state index is 13.6. The van der Waals surface area contributed by atoms with E-state index in [0.29, 0.717) is 15.9 Å². The molecule has 0 radical (unpaired) electrons. The Balaban J connectivity index is 3.37. The number of rotatable bonds is 0. The number of hydrogen-bond donors (Lipinski definition) is 0. The van der Waals surface area contributed by atoms with Crippen molar-refractivity contribution in [3.05, 3.63) is 27.7 Å².